The SMILES string of the molecule is CC(=O)N1CCc2c(c(N3CCCc4ccccc43)nn2C(C)C)C1. The highest BCUT2D eigenvalue weighted by atomic mass is 16.2. The topological polar surface area (TPSA) is 41.4 Å². The molecular formula is C20H26N4O. The number of anilines is 2. The number of benzene rings is 1. The molecule has 0 bridgehead atoms. The lowest BCUT2D eigenvalue weighted by Gasteiger charge is -2.32. The quantitative estimate of drug-likeness (QED) is 0.842. The van der Waals surface area contributed by atoms with Crippen molar-refractivity contribution in [3.63, 3.8) is 0 Å². The number of para-hydroxylation sites is 1. The number of aryl methyl sites for hydroxylation is 1. The second-order valence-corrected chi connectivity index (χ2v) is 7.36. The van der Waals surface area contributed by atoms with Gasteiger partial charge in [-0.1, -0.05) is 18.2 Å². The summed E-state index contributed by atoms with van der Waals surface area (Å²) in [5.74, 6) is 1.19. The first-order valence-corrected chi connectivity index (χ1v) is 9.27. The predicted molar refractivity (Wildman–Crippen MR) is 99.2 cm³/mol. The Labute approximate surface area is 149 Å². The molecule has 132 valence electrons. The van der Waals surface area contributed by atoms with E-state index in [1.54, 1.807) is 6.92 Å². The molecule has 0 fully saturated rings. The number of carbonyl (C=O) groups is 1. The molecule has 0 unspecified atom stereocenters. The van der Waals surface area contributed by atoms with Gasteiger partial charge in [0, 0.05) is 49.4 Å². The van der Waals surface area contributed by atoms with Gasteiger partial charge in [0.05, 0.1) is 6.54 Å². The van der Waals surface area contributed by atoms with Crippen LogP contribution in [0.4, 0.5) is 11.5 Å². The van der Waals surface area contributed by atoms with Crippen molar-refractivity contribution in [1.29, 1.82) is 0 Å². The van der Waals surface area contributed by atoms with E-state index in [0.717, 1.165) is 38.2 Å². The zero-order valence-electron chi connectivity index (χ0n) is 15.3. The summed E-state index contributed by atoms with van der Waals surface area (Å²) in [4.78, 5) is 16.2. The average molecular weight is 338 g/mol. The van der Waals surface area contributed by atoms with Gasteiger partial charge in [-0.05, 0) is 38.3 Å². The molecule has 0 N–H and O–H groups in total. The standard InChI is InChI=1S/C20H26N4O/c1-14(2)24-19-10-12-22(15(3)25)13-17(19)20(21-24)23-11-6-8-16-7-4-5-9-18(16)23/h4-5,7,9,14H,6,8,10-13H2,1-3H3. The molecule has 3 heterocycles. The number of hydrogen-bond donors (Lipinski definition) is 0. The fraction of sp³-hybridized carbons (Fsp3) is 0.500. The number of hydrogen-bond acceptors (Lipinski definition) is 3. The smallest absolute Gasteiger partial charge is 0.219 e. The molecule has 0 saturated carbocycles. The molecule has 1 aromatic heterocycles. The van der Waals surface area contributed by atoms with Crippen LogP contribution in [-0.2, 0) is 24.2 Å². The molecule has 1 aromatic carbocycles. The van der Waals surface area contributed by atoms with Crippen LogP contribution in [0.3, 0.4) is 0 Å². The van der Waals surface area contributed by atoms with E-state index < -0.39 is 0 Å². The third kappa shape index (κ3) is 2.71. The minimum Gasteiger partial charge on any atom is -0.338 e. The Morgan fingerprint density at radius 3 is 2.72 bits per heavy atom. The second kappa shape index (κ2) is 6.21. The van der Waals surface area contributed by atoms with Crippen molar-refractivity contribution in [3.05, 3.63) is 41.1 Å². The molecule has 5 heteroatoms. The summed E-state index contributed by atoms with van der Waals surface area (Å²) in [5.41, 5.74) is 5.18. The van der Waals surface area contributed by atoms with Crippen LogP contribution >= 0.6 is 0 Å². The van der Waals surface area contributed by atoms with Crippen molar-refractivity contribution in [3.8, 4) is 0 Å². The molecule has 0 atom stereocenters. The van der Waals surface area contributed by atoms with Crippen LogP contribution in [0, 0.1) is 0 Å². The Kier molecular flexibility index (Phi) is 4.02. The monoisotopic (exact) mass is 338 g/mol. The Morgan fingerprint density at radius 1 is 1.16 bits per heavy atom. The van der Waals surface area contributed by atoms with Gasteiger partial charge in [0.15, 0.2) is 5.82 Å². The first kappa shape index (κ1) is 16.2. The van der Waals surface area contributed by atoms with Crippen LogP contribution in [0.15, 0.2) is 24.3 Å². The molecule has 0 radical (unpaired) electrons. The van der Waals surface area contributed by atoms with E-state index >= 15 is 0 Å². The number of amides is 1. The minimum absolute atomic E-state index is 0.146. The van der Waals surface area contributed by atoms with Crippen molar-refractivity contribution < 1.29 is 4.79 Å². The van der Waals surface area contributed by atoms with E-state index in [9.17, 15) is 4.79 Å². The van der Waals surface area contributed by atoms with Crippen molar-refractivity contribution >= 4 is 17.4 Å². The summed E-state index contributed by atoms with van der Waals surface area (Å²) in [6.07, 6.45) is 3.14. The van der Waals surface area contributed by atoms with Gasteiger partial charge < -0.3 is 9.80 Å². The van der Waals surface area contributed by atoms with Crippen LogP contribution in [-0.4, -0.2) is 33.7 Å². The van der Waals surface area contributed by atoms with Crippen molar-refractivity contribution in [2.75, 3.05) is 18.0 Å². The van der Waals surface area contributed by atoms with E-state index in [0.29, 0.717) is 12.6 Å². The van der Waals surface area contributed by atoms with E-state index in [-0.39, 0.29) is 5.91 Å². The van der Waals surface area contributed by atoms with Gasteiger partial charge in [-0.3, -0.25) is 9.48 Å². The molecule has 2 aliphatic rings. The predicted octanol–water partition coefficient (Wildman–Crippen LogP) is 3.45. The number of aromatic nitrogens is 2. The Hall–Kier alpha value is -2.30. The van der Waals surface area contributed by atoms with Crippen LogP contribution in [0.2, 0.25) is 0 Å². The fourth-order valence-electron chi connectivity index (χ4n) is 4.09. The Balaban J connectivity index is 1.82. The largest absolute Gasteiger partial charge is 0.338 e. The highest BCUT2D eigenvalue weighted by Gasteiger charge is 2.31. The molecule has 0 aliphatic carbocycles. The highest BCUT2D eigenvalue weighted by molar-refractivity contribution is 5.75. The van der Waals surface area contributed by atoms with E-state index in [2.05, 4.69) is 47.7 Å². The molecule has 0 saturated heterocycles. The first-order chi connectivity index (χ1) is 12.1. The van der Waals surface area contributed by atoms with Crippen LogP contribution < -0.4 is 4.90 Å². The van der Waals surface area contributed by atoms with E-state index in [1.807, 2.05) is 4.90 Å². The van der Waals surface area contributed by atoms with Crippen molar-refractivity contribution in [2.45, 2.75) is 52.6 Å². The fourth-order valence-corrected chi connectivity index (χ4v) is 4.09. The first-order valence-electron chi connectivity index (χ1n) is 9.27. The maximum atomic E-state index is 11.9. The third-order valence-corrected chi connectivity index (χ3v) is 5.37. The molecule has 4 rings (SSSR count). The number of fused-ring (bicyclic) bond motifs is 2. The molecule has 0 spiro atoms. The van der Waals surface area contributed by atoms with Gasteiger partial charge >= 0.3 is 0 Å². The third-order valence-electron chi connectivity index (χ3n) is 5.37. The summed E-state index contributed by atoms with van der Waals surface area (Å²) >= 11 is 0. The van der Waals surface area contributed by atoms with Gasteiger partial charge in [0.1, 0.15) is 0 Å². The van der Waals surface area contributed by atoms with Gasteiger partial charge in [-0.25, -0.2) is 0 Å². The summed E-state index contributed by atoms with van der Waals surface area (Å²) in [7, 11) is 0. The summed E-state index contributed by atoms with van der Waals surface area (Å²) < 4.78 is 2.17. The van der Waals surface area contributed by atoms with Gasteiger partial charge in [0.2, 0.25) is 5.91 Å². The highest BCUT2D eigenvalue weighted by Crippen LogP contribution is 2.38. The molecule has 25 heavy (non-hydrogen) atoms. The van der Waals surface area contributed by atoms with Gasteiger partial charge in [-0.15, -0.1) is 0 Å². The lowest BCUT2D eigenvalue weighted by Crippen LogP contribution is -2.35. The maximum Gasteiger partial charge on any atom is 0.219 e. The molecule has 2 aliphatic heterocycles. The van der Waals surface area contributed by atoms with Crippen LogP contribution in [0.25, 0.3) is 0 Å². The molecule has 2 aromatic rings. The van der Waals surface area contributed by atoms with Gasteiger partial charge in [-0.2, -0.15) is 5.10 Å². The molecule has 1 amide bonds. The lowest BCUT2D eigenvalue weighted by atomic mass is 10.0. The normalized spacial score (nSPS) is 16.8. The maximum absolute atomic E-state index is 11.9. The van der Waals surface area contributed by atoms with E-state index in [4.69, 9.17) is 5.10 Å². The summed E-state index contributed by atoms with van der Waals surface area (Å²) in [5, 5.41) is 5.01. The zero-order valence-corrected chi connectivity index (χ0v) is 15.3. The second-order valence-electron chi connectivity index (χ2n) is 7.36. The molecular weight excluding hydrogens is 312 g/mol. The Morgan fingerprint density at radius 2 is 1.96 bits per heavy atom. The molecule has 5 nitrogen and oxygen atoms in total. The minimum atomic E-state index is 0.146. The number of carbonyl (C=O) groups excluding carboxylic acids is 1. The van der Waals surface area contributed by atoms with Crippen molar-refractivity contribution in [1.82, 2.24) is 14.7 Å². The van der Waals surface area contributed by atoms with E-state index in [1.165, 1.54) is 22.5 Å². The van der Waals surface area contributed by atoms with Crippen LogP contribution in [0.1, 0.15) is 50.1 Å². The number of rotatable bonds is 2. The van der Waals surface area contributed by atoms with Gasteiger partial charge in [0.25, 0.3) is 0 Å². The average Bonchev–Trinajstić information content (AvgIpc) is 3.00. The Bertz CT molecular complexity index is 808. The summed E-state index contributed by atoms with van der Waals surface area (Å²) in [6, 6.07) is 8.95. The lowest BCUT2D eigenvalue weighted by molar-refractivity contribution is -0.129. The zero-order chi connectivity index (χ0) is 17.6. The van der Waals surface area contributed by atoms with Crippen molar-refractivity contribution in [2.24, 2.45) is 0 Å². The number of nitrogens with zero attached hydrogens (tertiary/aromatic N) is 4. The van der Waals surface area contributed by atoms with Crippen LogP contribution in [0.5, 0.6) is 0 Å². The summed E-state index contributed by atoms with van der Waals surface area (Å²) in [6.45, 7) is 8.46.